The molecule has 1 fully saturated rings. The van der Waals surface area contributed by atoms with Crippen LogP contribution in [0.2, 0.25) is 10.0 Å². The number of benzene rings is 2. The maximum absolute atomic E-state index is 13.5. The second kappa shape index (κ2) is 12.4. The number of sulfonamides is 1. The van der Waals surface area contributed by atoms with Gasteiger partial charge in [-0.05, 0) is 56.5 Å². The minimum atomic E-state index is -3.89. The minimum absolute atomic E-state index is 0.0768. The maximum atomic E-state index is 13.5. The van der Waals surface area contributed by atoms with Crippen molar-refractivity contribution in [3.8, 4) is 0 Å². The predicted molar refractivity (Wildman–Crippen MR) is 142 cm³/mol. The number of aryl methyl sites for hydroxylation is 1. The number of hydrogen-bond acceptors (Lipinski definition) is 4. The molecule has 0 bridgehead atoms. The highest BCUT2D eigenvalue weighted by Gasteiger charge is 2.31. The second-order valence-electron chi connectivity index (χ2n) is 9.36. The predicted octanol–water partition coefficient (Wildman–Crippen LogP) is 4.79. The van der Waals surface area contributed by atoms with Gasteiger partial charge in [0.15, 0.2) is 0 Å². The molecule has 0 spiro atoms. The largest absolute Gasteiger partial charge is 0.352 e. The van der Waals surface area contributed by atoms with Crippen molar-refractivity contribution in [3.05, 3.63) is 63.6 Å². The zero-order valence-corrected chi connectivity index (χ0v) is 23.2. The van der Waals surface area contributed by atoms with Crippen LogP contribution in [0.4, 0.5) is 0 Å². The Morgan fingerprint density at radius 1 is 1.03 bits per heavy atom. The summed E-state index contributed by atoms with van der Waals surface area (Å²) in [6, 6.07) is 10.7. The molecule has 2 amide bonds. The van der Waals surface area contributed by atoms with Crippen molar-refractivity contribution in [1.29, 1.82) is 0 Å². The number of amides is 2. The molecule has 1 saturated carbocycles. The molecule has 36 heavy (non-hydrogen) atoms. The lowest BCUT2D eigenvalue weighted by Crippen LogP contribution is -2.52. The summed E-state index contributed by atoms with van der Waals surface area (Å²) in [6.45, 7) is 3.18. The Morgan fingerprint density at radius 3 is 2.28 bits per heavy atom. The topological polar surface area (TPSA) is 86.8 Å². The molecule has 0 unspecified atom stereocenters. The summed E-state index contributed by atoms with van der Waals surface area (Å²) >= 11 is 12.2. The summed E-state index contributed by atoms with van der Waals surface area (Å²) < 4.78 is 27.1. The van der Waals surface area contributed by atoms with E-state index in [0.717, 1.165) is 42.0 Å². The standard InChI is InChI=1S/C26H33Cl2N3O4S/c1-18-9-12-22(13-10-18)36(34,35)30(3)17-25(32)31(16-20-11-14-23(27)24(28)15-20)19(2)26(33)29-21-7-5-4-6-8-21/h9-15,19,21H,4-8,16-17H2,1-3H3,(H,29,33)/t19-/m1/s1. The molecule has 2 aromatic carbocycles. The molecule has 196 valence electrons. The Kier molecular flexibility index (Phi) is 9.80. The fourth-order valence-corrected chi connectivity index (χ4v) is 5.68. The number of nitrogens with one attached hydrogen (secondary N) is 1. The van der Waals surface area contributed by atoms with Gasteiger partial charge in [0.1, 0.15) is 6.04 Å². The molecular weight excluding hydrogens is 521 g/mol. The van der Waals surface area contributed by atoms with Crippen LogP contribution in [0.5, 0.6) is 0 Å². The van der Waals surface area contributed by atoms with Crippen molar-refractivity contribution in [2.45, 2.75) is 69.5 Å². The van der Waals surface area contributed by atoms with Gasteiger partial charge in [0.05, 0.1) is 21.5 Å². The fourth-order valence-electron chi connectivity index (χ4n) is 4.24. The van der Waals surface area contributed by atoms with E-state index in [-0.39, 0.29) is 23.4 Å². The van der Waals surface area contributed by atoms with Gasteiger partial charge in [-0.1, -0.05) is 66.2 Å². The molecule has 3 rings (SSSR count). The maximum Gasteiger partial charge on any atom is 0.243 e. The third-order valence-corrected chi connectivity index (χ3v) is 9.10. The van der Waals surface area contributed by atoms with E-state index < -0.39 is 28.5 Å². The SMILES string of the molecule is Cc1ccc(S(=O)(=O)N(C)CC(=O)N(Cc2ccc(Cl)c(Cl)c2)[C@H](C)C(=O)NC2CCCCC2)cc1. The number of rotatable bonds is 9. The number of halogens is 2. The van der Waals surface area contributed by atoms with Crippen LogP contribution in [0.1, 0.15) is 50.2 Å². The highest BCUT2D eigenvalue weighted by Crippen LogP contribution is 2.24. The number of carbonyl (C=O) groups is 2. The van der Waals surface area contributed by atoms with Crippen LogP contribution >= 0.6 is 23.2 Å². The third-order valence-electron chi connectivity index (χ3n) is 6.54. The van der Waals surface area contributed by atoms with E-state index in [1.807, 2.05) is 6.92 Å². The number of likely N-dealkylation sites (N-methyl/N-ethyl adjacent to an activating group) is 1. The summed E-state index contributed by atoms with van der Waals surface area (Å²) in [5, 5.41) is 3.78. The zero-order valence-electron chi connectivity index (χ0n) is 20.8. The van der Waals surface area contributed by atoms with Crippen LogP contribution in [0.15, 0.2) is 47.4 Å². The lowest BCUT2D eigenvalue weighted by Gasteiger charge is -2.32. The van der Waals surface area contributed by atoms with Gasteiger partial charge >= 0.3 is 0 Å². The van der Waals surface area contributed by atoms with E-state index in [9.17, 15) is 18.0 Å². The Labute approximate surface area is 223 Å². The van der Waals surface area contributed by atoms with E-state index in [0.29, 0.717) is 15.6 Å². The Hall–Kier alpha value is -2.13. The molecular formula is C26H33Cl2N3O4S. The lowest BCUT2D eigenvalue weighted by molar-refractivity contribution is -0.141. The molecule has 7 nitrogen and oxygen atoms in total. The van der Waals surface area contributed by atoms with Gasteiger partial charge in [-0.3, -0.25) is 9.59 Å². The number of nitrogens with zero attached hydrogens (tertiary/aromatic N) is 2. The van der Waals surface area contributed by atoms with Crippen LogP contribution in [-0.2, 0) is 26.2 Å². The van der Waals surface area contributed by atoms with Crippen LogP contribution < -0.4 is 5.32 Å². The normalized spacial score (nSPS) is 15.5. The molecule has 0 aliphatic heterocycles. The number of hydrogen-bond donors (Lipinski definition) is 1. The lowest BCUT2D eigenvalue weighted by atomic mass is 9.95. The second-order valence-corrected chi connectivity index (χ2v) is 12.2. The van der Waals surface area contributed by atoms with Crippen molar-refractivity contribution in [3.63, 3.8) is 0 Å². The summed E-state index contributed by atoms with van der Waals surface area (Å²) in [7, 11) is -2.53. The zero-order chi connectivity index (χ0) is 26.5. The average Bonchev–Trinajstić information content (AvgIpc) is 2.85. The van der Waals surface area contributed by atoms with Crippen molar-refractivity contribution in [2.75, 3.05) is 13.6 Å². The molecule has 0 heterocycles. The van der Waals surface area contributed by atoms with Crippen LogP contribution in [0, 0.1) is 6.92 Å². The van der Waals surface area contributed by atoms with Gasteiger partial charge in [-0.25, -0.2) is 8.42 Å². The van der Waals surface area contributed by atoms with E-state index in [1.54, 1.807) is 37.3 Å². The molecule has 0 radical (unpaired) electrons. The van der Waals surface area contributed by atoms with E-state index in [2.05, 4.69) is 5.32 Å². The summed E-state index contributed by atoms with van der Waals surface area (Å²) in [5.41, 5.74) is 1.61. The quantitative estimate of drug-likeness (QED) is 0.483. The summed E-state index contributed by atoms with van der Waals surface area (Å²) in [4.78, 5) is 28.1. The third kappa shape index (κ3) is 7.22. The van der Waals surface area contributed by atoms with Crippen LogP contribution in [0.3, 0.4) is 0 Å². The molecule has 1 N–H and O–H groups in total. The van der Waals surface area contributed by atoms with Crippen molar-refractivity contribution < 1.29 is 18.0 Å². The highest BCUT2D eigenvalue weighted by molar-refractivity contribution is 7.89. The average molecular weight is 555 g/mol. The Morgan fingerprint density at radius 2 is 1.67 bits per heavy atom. The van der Waals surface area contributed by atoms with Crippen molar-refractivity contribution in [2.24, 2.45) is 0 Å². The molecule has 10 heteroatoms. The van der Waals surface area contributed by atoms with E-state index in [1.165, 1.54) is 24.1 Å². The molecule has 1 aliphatic rings. The van der Waals surface area contributed by atoms with Gasteiger partial charge in [-0.15, -0.1) is 0 Å². The molecule has 1 atom stereocenters. The van der Waals surface area contributed by atoms with Gasteiger partial charge in [0.25, 0.3) is 0 Å². The molecule has 0 saturated heterocycles. The first kappa shape index (κ1) is 28.4. The molecule has 1 aliphatic carbocycles. The van der Waals surface area contributed by atoms with E-state index in [4.69, 9.17) is 23.2 Å². The van der Waals surface area contributed by atoms with Gasteiger partial charge in [0.2, 0.25) is 21.8 Å². The summed E-state index contributed by atoms with van der Waals surface area (Å²) in [5.74, 6) is -0.759. The van der Waals surface area contributed by atoms with Crippen molar-refractivity contribution in [1.82, 2.24) is 14.5 Å². The first-order chi connectivity index (χ1) is 17.0. The van der Waals surface area contributed by atoms with E-state index >= 15 is 0 Å². The Bertz CT molecular complexity index is 1180. The number of carbonyl (C=O) groups excluding carboxylic acids is 2. The smallest absolute Gasteiger partial charge is 0.243 e. The minimum Gasteiger partial charge on any atom is -0.352 e. The molecule has 2 aromatic rings. The van der Waals surface area contributed by atoms with Gasteiger partial charge in [-0.2, -0.15) is 4.31 Å². The highest BCUT2D eigenvalue weighted by atomic mass is 35.5. The molecule has 0 aromatic heterocycles. The first-order valence-corrected chi connectivity index (χ1v) is 14.3. The van der Waals surface area contributed by atoms with Gasteiger partial charge < -0.3 is 10.2 Å². The monoisotopic (exact) mass is 553 g/mol. The summed E-state index contributed by atoms with van der Waals surface area (Å²) in [6.07, 6.45) is 5.11. The van der Waals surface area contributed by atoms with Gasteiger partial charge in [0, 0.05) is 19.6 Å². The van der Waals surface area contributed by atoms with Crippen LogP contribution in [-0.4, -0.2) is 55.1 Å². The van der Waals surface area contributed by atoms with Crippen LogP contribution in [0.25, 0.3) is 0 Å². The van der Waals surface area contributed by atoms with Crippen molar-refractivity contribution >= 4 is 45.0 Å². The Balaban J connectivity index is 1.81. The first-order valence-electron chi connectivity index (χ1n) is 12.1. The fraction of sp³-hybridized carbons (Fsp3) is 0.462.